The lowest BCUT2D eigenvalue weighted by atomic mass is 9.99. The van der Waals surface area contributed by atoms with E-state index in [1.165, 1.54) is 25.0 Å². The molecule has 2 saturated carbocycles. The molecule has 0 radical (unpaired) electrons. The van der Waals surface area contributed by atoms with Crippen LogP contribution in [0.4, 0.5) is 0 Å². The molecule has 2 atom stereocenters. The van der Waals surface area contributed by atoms with Crippen LogP contribution in [0.3, 0.4) is 0 Å². The quantitative estimate of drug-likeness (QED) is 0.803. The lowest BCUT2D eigenvalue weighted by Crippen LogP contribution is -2.21. The van der Waals surface area contributed by atoms with E-state index in [0.717, 1.165) is 22.8 Å². The molecule has 2 bridgehead atoms. The Morgan fingerprint density at radius 1 is 1.53 bits per heavy atom. The van der Waals surface area contributed by atoms with E-state index < -0.39 is 0 Å². The van der Waals surface area contributed by atoms with Crippen molar-refractivity contribution in [1.82, 2.24) is 5.43 Å². The first-order valence-corrected chi connectivity index (χ1v) is 7.02. The number of rotatable bonds is 2. The maximum Gasteiger partial charge on any atom is 0.272 e. The van der Waals surface area contributed by atoms with Gasteiger partial charge in [0.25, 0.3) is 5.91 Å². The second-order valence-electron chi connectivity index (χ2n) is 5.07. The number of thiophene rings is 1. The molecule has 0 saturated heterocycles. The van der Waals surface area contributed by atoms with Crippen LogP contribution in [0, 0.1) is 18.8 Å². The molecule has 3 rings (SSSR count). The maximum atomic E-state index is 11.8. The molecule has 2 aliphatic rings. The van der Waals surface area contributed by atoms with Gasteiger partial charge in [-0.3, -0.25) is 4.79 Å². The monoisotopic (exact) mass is 248 g/mol. The van der Waals surface area contributed by atoms with E-state index in [0.29, 0.717) is 5.92 Å². The fourth-order valence-corrected chi connectivity index (χ4v) is 3.59. The summed E-state index contributed by atoms with van der Waals surface area (Å²) in [5.74, 6) is 1.40. The zero-order chi connectivity index (χ0) is 11.8. The van der Waals surface area contributed by atoms with Gasteiger partial charge in [0.1, 0.15) is 0 Å². The van der Waals surface area contributed by atoms with Gasteiger partial charge in [-0.1, -0.05) is 0 Å². The first-order chi connectivity index (χ1) is 8.22. The number of hydrogen-bond acceptors (Lipinski definition) is 3. The van der Waals surface area contributed by atoms with Gasteiger partial charge in [-0.2, -0.15) is 5.10 Å². The van der Waals surface area contributed by atoms with E-state index in [4.69, 9.17) is 0 Å². The SMILES string of the molecule is Cc1cc(C(=O)N/N=C2/C[C@@H]3CC[C@@H]2C3)cs1. The Hall–Kier alpha value is -1.16. The fourth-order valence-electron chi connectivity index (χ4n) is 2.91. The second-order valence-corrected chi connectivity index (χ2v) is 6.19. The number of carbonyl (C=O) groups is 1. The zero-order valence-electron chi connectivity index (χ0n) is 9.90. The molecule has 90 valence electrons. The number of amides is 1. The predicted octanol–water partition coefficient (Wildman–Crippen LogP) is 2.96. The van der Waals surface area contributed by atoms with Gasteiger partial charge < -0.3 is 0 Å². The lowest BCUT2D eigenvalue weighted by molar-refractivity contribution is 0.0955. The van der Waals surface area contributed by atoms with E-state index in [-0.39, 0.29) is 5.91 Å². The van der Waals surface area contributed by atoms with Crippen molar-refractivity contribution in [3.63, 3.8) is 0 Å². The van der Waals surface area contributed by atoms with Crippen LogP contribution in [0.2, 0.25) is 0 Å². The number of carbonyl (C=O) groups excluding carboxylic acids is 1. The molecule has 1 aromatic rings. The molecule has 3 nitrogen and oxygen atoms in total. The van der Waals surface area contributed by atoms with Crippen LogP contribution in [0.15, 0.2) is 16.5 Å². The van der Waals surface area contributed by atoms with Crippen molar-refractivity contribution in [2.45, 2.75) is 32.6 Å². The van der Waals surface area contributed by atoms with E-state index in [1.54, 1.807) is 11.3 Å². The lowest BCUT2D eigenvalue weighted by Gasteiger charge is -2.11. The zero-order valence-corrected chi connectivity index (χ0v) is 10.7. The van der Waals surface area contributed by atoms with Crippen LogP contribution in [-0.2, 0) is 0 Å². The fraction of sp³-hybridized carbons (Fsp3) is 0.538. The maximum absolute atomic E-state index is 11.8. The van der Waals surface area contributed by atoms with Gasteiger partial charge in [0, 0.05) is 16.0 Å². The first kappa shape index (κ1) is 11.0. The Kier molecular flexibility index (Phi) is 2.74. The number of nitrogens with zero attached hydrogens (tertiary/aromatic N) is 1. The molecule has 2 aliphatic carbocycles. The van der Waals surface area contributed by atoms with Crippen LogP contribution >= 0.6 is 11.3 Å². The van der Waals surface area contributed by atoms with Crippen molar-refractivity contribution in [3.05, 3.63) is 21.9 Å². The number of nitrogens with one attached hydrogen (secondary N) is 1. The van der Waals surface area contributed by atoms with Crippen LogP contribution < -0.4 is 5.43 Å². The van der Waals surface area contributed by atoms with Crippen molar-refractivity contribution >= 4 is 23.0 Å². The highest BCUT2D eigenvalue weighted by atomic mass is 32.1. The van der Waals surface area contributed by atoms with Gasteiger partial charge in [0.15, 0.2) is 0 Å². The molecule has 2 fully saturated rings. The minimum absolute atomic E-state index is 0.0791. The standard InChI is InChI=1S/C13H16N2OS/c1-8-4-11(7-17-8)13(16)15-14-12-6-9-2-3-10(12)5-9/h4,7,9-10H,2-3,5-6H2,1H3,(H,15,16)/b14-12-/t9-,10-/m1/s1. The van der Waals surface area contributed by atoms with E-state index in [1.807, 2.05) is 18.4 Å². The summed E-state index contributed by atoms with van der Waals surface area (Å²) >= 11 is 1.59. The molecule has 1 amide bonds. The molecular formula is C13H16N2OS. The summed E-state index contributed by atoms with van der Waals surface area (Å²) in [6.45, 7) is 2.00. The Balaban J connectivity index is 1.64. The third-order valence-corrected chi connectivity index (χ3v) is 4.67. The topological polar surface area (TPSA) is 41.5 Å². The number of fused-ring (bicyclic) bond motifs is 2. The van der Waals surface area contributed by atoms with Crippen LogP contribution in [0.5, 0.6) is 0 Å². The van der Waals surface area contributed by atoms with Gasteiger partial charge in [-0.05, 0) is 50.5 Å². The van der Waals surface area contributed by atoms with Gasteiger partial charge in [0.2, 0.25) is 0 Å². The van der Waals surface area contributed by atoms with Crippen LogP contribution in [0.1, 0.15) is 40.9 Å². The minimum atomic E-state index is -0.0791. The van der Waals surface area contributed by atoms with Crippen molar-refractivity contribution < 1.29 is 4.79 Å². The Bertz CT molecular complexity index is 478. The van der Waals surface area contributed by atoms with Gasteiger partial charge in [0.05, 0.1) is 5.56 Å². The molecule has 0 aromatic carbocycles. The van der Waals surface area contributed by atoms with Crippen LogP contribution in [0.25, 0.3) is 0 Å². The van der Waals surface area contributed by atoms with Crippen molar-refractivity contribution in [1.29, 1.82) is 0 Å². The summed E-state index contributed by atoms with van der Waals surface area (Å²) in [6.07, 6.45) is 4.98. The molecule has 1 N–H and O–H groups in total. The van der Waals surface area contributed by atoms with Crippen molar-refractivity contribution in [2.24, 2.45) is 16.9 Å². The third-order valence-electron chi connectivity index (χ3n) is 3.80. The van der Waals surface area contributed by atoms with E-state index >= 15 is 0 Å². The number of hydrazone groups is 1. The van der Waals surface area contributed by atoms with Gasteiger partial charge in [-0.15, -0.1) is 11.3 Å². The molecule has 0 aliphatic heterocycles. The molecular weight excluding hydrogens is 232 g/mol. The van der Waals surface area contributed by atoms with E-state index in [2.05, 4.69) is 10.5 Å². The van der Waals surface area contributed by atoms with Gasteiger partial charge in [-0.25, -0.2) is 5.43 Å². The first-order valence-electron chi connectivity index (χ1n) is 6.14. The van der Waals surface area contributed by atoms with Crippen LogP contribution in [-0.4, -0.2) is 11.6 Å². The number of aryl methyl sites for hydroxylation is 1. The minimum Gasteiger partial charge on any atom is -0.267 e. The summed E-state index contributed by atoms with van der Waals surface area (Å²) in [5.41, 5.74) is 4.63. The molecule has 17 heavy (non-hydrogen) atoms. The third kappa shape index (κ3) is 2.14. The molecule has 0 unspecified atom stereocenters. The predicted molar refractivity (Wildman–Crippen MR) is 69.4 cm³/mol. The smallest absolute Gasteiger partial charge is 0.267 e. The molecule has 1 heterocycles. The summed E-state index contributed by atoms with van der Waals surface area (Å²) in [6, 6.07) is 1.90. The molecule has 4 heteroatoms. The average molecular weight is 248 g/mol. The molecule has 0 spiro atoms. The average Bonchev–Trinajstić information content (AvgIpc) is 3.01. The highest BCUT2D eigenvalue weighted by molar-refractivity contribution is 7.10. The van der Waals surface area contributed by atoms with Gasteiger partial charge >= 0.3 is 0 Å². The van der Waals surface area contributed by atoms with Crippen molar-refractivity contribution in [2.75, 3.05) is 0 Å². The second kappa shape index (κ2) is 4.26. The Labute approximate surface area is 105 Å². The Morgan fingerprint density at radius 3 is 3.00 bits per heavy atom. The van der Waals surface area contributed by atoms with E-state index in [9.17, 15) is 4.79 Å². The number of hydrogen-bond donors (Lipinski definition) is 1. The Morgan fingerprint density at radius 2 is 2.41 bits per heavy atom. The highest BCUT2D eigenvalue weighted by Gasteiger charge is 2.36. The molecule has 1 aromatic heterocycles. The highest BCUT2D eigenvalue weighted by Crippen LogP contribution is 2.42. The summed E-state index contributed by atoms with van der Waals surface area (Å²) in [5, 5.41) is 6.19. The van der Waals surface area contributed by atoms with Crippen molar-refractivity contribution in [3.8, 4) is 0 Å². The summed E-state index contributed by atoms with van der Waals surface area (Å²) < 4.78 is 0. The summed E-state index contributed by atoms with van der Waals surface area (Å²) in [4.78, 5) is 13.0. The normalized spacial score (nSPS) is 28.9. The largest absolute Gasteiger partial charge is 0.272 e. The summed E-state index contributed by atoms with van der Waals surface area (Å²) in [7, 11) is 0.